The molecule has 1 fully saturated rings. The fraction of sp³-hybridized carbons (Fsp3) is 0.316. The van der Waals surface area contributed by atoms with E-state index in [0.717, 1.165) is 18.7 Å². The zero-order chi connectivity index (χ0) is 14.7. The van der Waals surface area contributed by atoms with Crippen LogP contribution in [0.1, 0.15) is 35.1 Å². The van der Waals surface area contributed by atoms with Crippen molar-refractivity contribution in [2.75, 3.05) is 6.54 Å². The van der Waals surface area contributed by atoms with E-state index in [1.165, 1.54) is 29.5 Å². The van der Waals surface area contributed by atoms with Gasteiger partial charge in [-0.3, -0.25) is 0 Å². The highest BCUT2D eigenvalue weighted by atomic mass is 14.9. The van der Waals surface area contributed by atoms with Crippen LogP contribution in [-0.4, -0.2) is 6.54 Å². The van der Waals surface area contributed by atoms with Crippen molar-refractivity contribution in [1.82, 2.24) is 5.32 Å². The molecule has 0 aromatic heterocycles. The van der Waals surface area contributed by atoms with Crippen molar-refractivity contribution in [2.45, 2.75) is 31.7 Å². The van der Waals surface area contributed by atoms with Crippen molar-refractivity contribution >= 4 is 0 Å². The average molecular weight is 276 g/mol. The number of benzene rings is 2. The van der Waals surface area contributed by atoms with E-state index in [0.29, 0.717) is 5.41 Å². The smallest absolute Gasteiger partial charge is 0.0991 e. The fourth-order valence-electron chi connectivity index (χ4n) is 3.00. The summed E-state index contributed by atoms with van der Waals surface area (Å²) >= 11 is 0. The first-order valence-electron chi connectivity index (χ1n) is 7.49. The van der Waals surface area contributed by atoms with Crippen LogP contribution < -0.4 is 5.32 Å². The highest BCUT2D eigenvalue weighted by molar-refractivity contribution is 5.38. The van der Waals surface area contributed by atoms with E-state index in [4.69, 9.17) is 5.26 Å². The number of hydrogen-bond acceptors (Lipinski definition) is 2. The van der Waals surface area contributed by atoms with Gasteiger partial charge in [0.05, 0.1) is 11.6 Å². The number of hydrogen-bond donors (Lipinski definition) is 1. The number of rotatable bonds is 5. The third kappa shape index (κ3) is 2.99. The maximum atomic E-state index is 8.81. The van der Waals surface area contributed by atoms with Gasteiger partial charge in [-0.2, -0.15) is 5.26 Å². The van der Waals surface area contributed by atoms with Crippen LogP contribution in [0, 0.1) is 18.3 Å². The Balaban J connectivity index is 1.60. The van der Waals surface area contributed by atoms with Crippen LogP contribution in [0.4, 0.5) is 0 Å². The molecular weight excluding hydrogens is 256 g/mol. The van der Waals surface area contributed by atoms with Crippen LogP contribution in [-0.2, 0) is 12.0 Å². The van der Waals surface area contributed by atoms with Gasteiger partial charge in [0.2, 0.25) is 0 Å². The molecule has 1 saturated carbocycles. The lowest BCUT2D eigenvalue weighted by molar-refractivity contribution is 0.572. The Morgan fingerprint density at radius 3 is 2.43 bits per heavy atom. The summed E-state index contributed by atoms with van der Waals surface area (Å²) in [5, 5.41) is 12.4. The summed E-state index contributed by atoms with van der Waals surface area (Å²) in [6.07, 6.45) is 2.55. The van der Waals surface area contributed by atoms with Gasteiger partial charge in [0.1, 0.15) is 0 Å². The Bertz CT molecular complexity index is 661. The topological polar surface area (TPSA) is 35.8 Å². The zero-order valence-electron chi connectivity index (χ0n) is 12.4. The number of aryl methyl sites for hydroxylation is 1. The van der Waals surface area contributed by atoms with Crippen molar-refractivity contribution < 1.29 is 0 Å². The molecule has 0 atom stereocenters. The van der Waals surface area contributed by atoms with E-state index in [1.54, 1.807) is 0 Å². The molecule has 3 rings (SSSR count). The fourth-order valence-corrected chi connectivity index (χ4v) is 3.00. The molecule has 0 heterocycles. The van der Waals surface area contributed by atoms with Gasteiger partial charge in [0.25, 0.3) is 0 Å². The van der Waals surface area contributed by atoms with E-state index in [2.05, 4.69) is 42.6 Å². The lowest BCUT2D eigenvalue weighted by Gasteiger charge is -2.19. The Kier molecular flexibility index (Phi) is 3.77. The molecule has 1 aliphatic rings. The zero-order valence-corrected chi connectivity index (χ0v) is 12.4. The first-order chi connectivity index (χ1) is 10.2. The molecule has 0 radical (unpaired) electrons. The molecule has 1 N–H and O–H groups in total. The minimum Gasteiger partial charge on any atom is -0.312 e. The van der Waals surface area contributed by atoms with E-state index in [-0.39, 0.29) is 0 Å². The van der Waals surface area contributed by atoms with Crippen LogP contribution >= 0.6 is 0 Å². The molecular formula is C19H20N2. The van der Waals surface area contributed by atoms with Gasteiger partial charge in [0, 0.05) is 18.5 Å². The maximum Gasteiger partial charge on any atom is 0.0991 e. The molecule has 0 spiro atoms. The minimum atomic E-state index is 0.345. The third-order valence-corrected chi connectivity index (χ3v) is 4.45. The van der Waals surface area contributed by atoms with Gasteiger partial charge in [-0.15, -0.1) is 0 Å². The summed E-state index contributed by atoms with van der Waals surface area (Å²) in [6, 6.07) is 18.7. The highest BCUT2D eigenvalue weighted by Gasteiger charge is 2.44. The Labute approximate surface area is 126 Å². The van der Waals surface area contributed by atoms with Gasteiger partial charge in [0.15, 0.2) is 0 Å². The molecule has 0 aliphatic heterocycles. The Morgan fingerprint density at radius 1 is 1.10 bits per heavy atom. The molecule has 0 amide bonds. The first-order valence-corrected chi connectivity index (χ1v) is 7.49. The van der Waals surface area contributed by atoms with Crippen LogP contribution in [0.2, 0.25) is 0 Å². The van der Waals surface area contributed by atoms with Gasteiger partial charge in [-0.25, -0.2) is 0 Å². The quantitative estimate of drug-likeness (QED) is 0.904. The second-order valence-electron chi connectivity index (χ2n) is 6.01. The Morgan fingerprint density at radius 2 is 1.81 bits per heavy atom. The predicted octanol–water partition coefficient (Wildman–Crippen LogP) is 3.69. The van der Waals surface area contributed by atoms with Crippen molar-refractivity contribution in [3.8, 4) is 6.07 Å². The van der Waals surface area contributed by atoms with Gasteiger partial charge >= 0.3 is 0 Å². The monoisotopic (exact) mass is 276 g/mol. The molecule has 21 heavy (non-hydrogen) atoms. The molecule has 106 valence electrons. The van der Waals surface area contributed by atoms with Crippen molar-refractivity contribution in [3.63, 3.8) is 0 Å². The van der Waals surface area contributed by atoms with Gasteiger partial charge in [-0.1, -0.05) is 36.4 Å². The largest absolute Gasteiger partial charge is 0.312 e. The summed E-state index contributed by atoms with van der Waals surface area (Å²) in [5.74, 6) is 0. The number of nitrogens with zero attached hydrogens (tertiary/aromatic N) is 1. The van der Waals surface area contributed by atoms with Crippen molar-refractivity contribution in [1.29, 1.82) is 5.26 Å². The molecule has 1 aliphatic carbocycles. The number of nitriles is 1. The lowest BCUT2D eigenvalue weighted by Crippen LogP contribution is -2.27. The lowest BCUT2D eigenvalue weighted by atomic mass is 9.92. The second kappa shape index (κ2) is 5.71. The third-order valence-electron chi connectivity index (χ3n) is 4.45. The first kappa shape index (κ1) is 13.9. The second-order valence-corrected chi connectivity index (χ2v) is 6.01. The average Bonchev–Trinajstić information content (AvgIpc) is 3.29. The molecule has 0 saturated heterocycles. The van der Waals surface area contributed by atoms with Crippen LogP contribution in [0.15, 0.2) is 48.5 Å². The normalized spacial score (nSPS) is 15.4. The maximum absolute atomic E-state index is 8.81. The van der Waals surface area contributed by atoms with E-state index in [1.807, 2.05) is 24.3 Å². The molecule has 0 bridgehead atoms. The SMILES string of the molecule is Cc1ccccc1C1(CNCc2ccc(C#N)cc2)CC1. The van der Waals surface area contributed by atoms with Crippen molar-refractivity contribution in [2.24, 2.45) is 0 Å². The van der Waals surface area contributed by atoms with Crippen molar-refractivity contribution in [3.05, 3.63) is 70.8 Å². The highest BCUT2D eigenvalue weighted by Crippen LogP contribution is 2.48. The van der Waals surface area contributed by atoms with Crippen LogP contribution in [0.5, 0.6) is 0 Å². The summed E-state index contributed by atoms with van der Waals surface area (Å²) in [4.78, 5) is 0. The summed E-state index contributed by atoms with van der Waals surface area (Å²) in [7, 11) is 0. The van der Waals surface area contributed by atoms with Crippen LogP contribution in [0.25, 0.3) is 0 Å². The van der Waals surface area contributed by atoms with E-state index >= 15 is 0 Å². The van der Waals surface area contributed by atoms with Gasteiger partial charge < -0.3 is 5.32 Å². The predicted molar refractivity (Wildman–Crippen MR) is 85.0 cm³/mol. The molecule has 0 unspecified atom stereocenters. The van der Waals surface area contributed by atoms with E-state index < -0.39 is 0 Å². The summed E-state index contributed by atoms with van der Waals surface area (Å²) < 4.78 is 0. The molecule has 2 heteroatoms. The molecule has 2 aromatic rings. The Hall–Kier alpha value is -2.11. The minimum absolute atomic E-state index is 0.345. The molecule has 2 nitrogen and oxygen atoms in total. The van der Waals surface area contributed by atoms with Gasteiger partial charge in [-0.05, 0) is 48.6 Å². The molecule has 2 aromatic carbocycles. The summed E-state index contributed by atoms with van der Waals surface area (Å²) in [6.45, 7) is 4.09. The number of nitrogens with one attached hydrogen (secondary N) is 1. The standard InChI is InChI=1S/C19H20N2/c1-15-4-2-3-5-18(15)19(10-11-19)14-21-13-17-8-6-16(12-20)7-9-17/h2-9,21H,10-11,13-14H2,1H3. The summed E-state index contributed by atoms with van der Waals surface area (Å²) in [5.41, 5.74) is 5.19. The van der Waals surface area contributed by atoms with Crippen LogP contribution in [0.3, 0.4) is 0 Å². The van der Waals surface area contributed by atoms with E-state index in [9.17, 15) is 0 Å².